The van der Waals surface area contributed by atoms with Crippen LogP contribution in [0.3, 0.4) is 0 Å². The Balaban J connectivity index is 2.63. The van der Waals surface area contributed by atoms with Crippen molar-refractivity contribution in [3.63, 3.8) is 0 Å². The quantitative estimate of drug-likeness (QED) is 0.460. The molecule has 0 saturated heterocycles. The van der Waals surface area contributed by atoms with Crippen molar-refractivity contribution in [3.8, 4) is 11.5 Å². The average Bonchev–Trinajstić information content (AvgIpc) is 2.47. The molecule has 0 atom stereocenters. The summed E-state index contributed by atoms with van der Waals surface area (Å²) in [6, 6.07) is 6.00. The molecule has 1 aromatic rings. The van der Waals surface area contributed by atoms with Gasteiger partial charge in [-0.05, 0) is 51.3 Å². The molecule has 0 aliphatic carbocycles. The van der Waals surface area contributed by atoms with E-state index in [0.717, 1.165) is 29.9 Å². The van der Waals surface area contributed by atoms with E-state index in [1.54, 1.807) is 0 Å². The Kier molecular flexibility index (Phi) is 8.60. The highest BCUT2D eigenvalue weighted by atomic mass is 16.5. The lowest BCUT2D eigenvalue weighted by Gasteiger charge is -2.14. The first kappa shape index (κ1) is 17.6. The fourth-order valence-corrected chi connectivity index (χ4v) is 1.81. The van der Waals surface area contributed by atoms with Gasteiger partial charge in [0, 0.05) is 0 Å². The lowest BCUT2D eigenvalue weighted by Crippen LogP contribution is -2.04. The van der Waals surface area contributed by atoms with Crippen molar-refractivity contribution in [3.05, 3.63) is 35.9 Å². The average molecular weight is 292 g/mol. The van der Waals surface area contributed by atoms with E-state index in [4.69, 9.17) is 14.2 Å². The van der Waals surface area contributed by atoms with Gasteiger partial charge in [-0.3, -0.25) is 0 Å². The van der Waals surface area contributed by atoms with Gasteiger partial charge in [0.1, 0.15) is 0 Å². The van der Waals surface area contributed by atoms with Gasteiger partial charge in [0.25, 0.3) is 0 Å². The Morgan fingerprint density at radius 1 is 1.05 bits per heavy atom. The minimum atomic E-state index is 0.224. The zero-order chi connectivity index (χ0) is 15.5. The molecule has 0 saturated carbocycles. The second-order valence-electron chi connectivity index (χ2n) is 5.09. The predicted octanol–water partition coefficient (Wildman–Crippen LogP) is 4.75. The zero-order valence-corrected chi connectivity index (χ0v) is 13.7. The minimum absolute atomic E-state index is 0.224. The van der Waals surface area contributed by atoms with Gasteiger partial charge in [-0.2, -0.15) is 0 Å². The number of hydrogen-bond acceptors (Lipinski definition) is 3. The van der Waals surface area contributed by atoms with Crippen molar-refractivity contribution in [2.45, 2.75) is 53.2 Å². The fraction of sp³-hybridized carbons (Fsp3) is 0.556. The first-order valence-electron chi connectivity index (χ1n) is 7.82. The van der Waals surface area contributed by atoms with E-state index in [0.29, 0.717) is 19.8 Å². The third kappa shape index (κ3) is 7.19. The summed E-state index contributed by atoms with van der Waals surface area (Å²) in [6.45, 7) is 10.1. The van der Waals surface area contributed by atoms with E-state index in [1.807, 2.05) is 39.0 Å². The summed E-state index contributed by atoms with van der Waals surface area (Å²) in [5, 5.41) is 0. The first-order chi connectivity index (χ1) is 10.2. The lowest BCUT2D eigenvalue weighted by molar-refractivity contribution is 0.0655. The number of benzene rings is 1. The predicted molar refractivity (Wildman–Crippen MR) is 87.1 cm³/mol. The number of allylic oxidation sites excluding steroid dienone is 1. The van der Waals surface area contributed by atoms with E-state index in [1.165, 1.54) is 0 Å². The highest BCUT2D eigenvalue weighted by Gasteiger charge is 2.07. The van der Waals surface area contributed by atoms with Gasteiger partial charge in [0.2, 0.25) is 0 Å². The summed E-state index contributed by atoms with van der Waals surface area (Å²) in [6.07, 6.45) is 6.50. The van der Waals surface area contributed by atoms with Crippen molar-refractivity contribution in [2.24, 2.45) is 0 Å². The lowest BCUT2D eigenvalue weighted by atomic mass is 10.2. The van der Waals surface area contributed by atoms with Crippen LogP contribution >= 0.6 is 0 Å². The van der Waals surface area contributed by atoms with Gasteiger partial charge in [-0.15, -0.1) is 0 Å². The maximum atomic E-state index is 5.80. The monoisotopic (exact) mass is 292 g/mol. The molecule has 0 aromatic heterocycles. The number of hydrogen-bond donors (Lipinski definition) is 0. The highest BCUT2D eigenvalue weighted by molar-refractivity contribution is 5.42. The molecule has 0 aliphatic heterocycles. The molecule has 0 unspecified atom stereocenters. The van der Waals surface area contributed by atoms with Gasteiger partial charge in [0.15, 0.2) is 11.5 Å². The molecule has 1 rings (SSSR count). The molecule has 3 nitrogen and oxygen atoms in total. The molecule has 3 heteroatoms. The summed E-state index contributed by atoms with van der Waals surface area (Å²) in [5.74, 6) is 1.59. The molecule has 21 heavy (non-hydrogen) atoms. The summed E-state index contributed by atoms with van der Waals surface area (Å²) < 4.78 is 17.1. The van der Waals surface area contributed by atoms with Crippen LogP contribution in [-0.2, 0) is 11.3 Å². The summed E-state index contributed by atoms with van der Waals surface area (Å²) >= 11 is 0. The maximum absolute atomic E-state index is 5.80. The Labute approximate surface area is 128 Å². The summed E-state index contributed by atoms with van der Waals surface area (Å²) in [5.41, 5.74) is 1.10. The fourth-order valence-electron chi connectivity index (χ4n) is 1.81. The SMILES string of the molecule is CC/C=C\CCOc1ccc(COC(C)C)cc1OCC. The smallest absolute Gasteiger partial charge is 0.161 e. The van der Waals surface area contributed by atoms with Crippen LogP contribution in [0.5, 0.6) is 11.5 Å². The van der Waals surface area contributed by atoms with E-state index in [9.17, 15) is 0 Å². The standard InChI is InChI=1S/C18H28O3/c1-5-7-8-9-12-20-17-11-10-16(14-21-15(3)4)13-18(17)19-6-2/h7-8,10-11,13,15H,5-6,9,12,14H2,1-4H3/b8-7-. The molecule has 1 aromatic carbocycles. The second kappa shape index (κ2) is 10.3. The molecular formula is C18H28O3. The number of rotatable bonds is 10. The summed E-state index contributed by atoms with van der Waals surface area (Å²) in [4.78, 5) is 0. The van der Waals surface area contributed by atoms with Crippen molar-refractivity contribution in [1.82, 2.24) is 0 Å². The molecule has 0 spiro atoms. The third-order valence-corrected chi connectivity index (χ3v) is 2.84. The van der Waals surface area contributed by atoms with Gasteiger partial charge in [-0.25, -0.2) is 0 Å². The van der Waals surface area contributed by atoms with Gasteiger partial charge in [0.05, 0.1) is 25.9 Å². The zero-order valence-electron chi connectivity index (χ0n) is 13.7. The van der Waals surface area contributed by atoms with Gasteiger partial charge < -0.3 is 14.2 Å². The molecule has 0 bridgehead atoms. The van der Waals surface area contributed by atoms with Crippen LogP contribution in [-0.4, -0.2) is 19.3 Å². The van der Waals surface area contributed by atoms with E-state index in [2.05, 4.69) is 19.1 Å². The topological polar surface area (TPSA) is 27.7 Å². The van der Waals surface area contributed by atoms with Crippen LogP contribution in [0.25, 0.3) is 0 Å². The Morgan fingerprint density at radius 3 is 2.52 bits per heavy atom. The van der Waals surface area contributed by atoms with Crippen LogP contribution in [0.1, 0.15) is 46.1 Å². The first-order valence-corrected chi connectivity index (χ1v) is 7.82. The van der Waals surface area contributed by atoms with Crippen LogP contribution in [0, 0.1) is 0 Å². The Bertz CT molecular complexity index is 424. The molecule has 0 fully saturated rings. The van der Waals surface area contributed by atoms with Crippen LogP contribution in [0.15, 0.2) is 30.4 Å². The molecule has 0 N–H and O–H groups in total. The van der Waals surface area contributed by atoms with Crippen molar-refractivity contribution in [2.75, 3.05) is 13.2 Å². The maximum Gasteiger partial charge on any atom is 0.161 e. The number of ether oxygens (including phenoxy) is 3. The normalized spacial score (nSPS) is 11.3. The van der Waals surface area contributed by atoms with Crippen LogP contribution in [0.2, 0.25) is 0 Å². The Morgan fingerprint density at radius 2 is 1.86 bits per heavy atom. The summed E-state index contributed by atoms with van der Waals surface area (Å²) in [7, 11) is 0. The van der Waals surface area contributed by atoms with E-state index < -0.39 is 0 Å². The molecule has 0 heterocycles. The minimum Gasteiger partial charge on any atom is -0.490 e. The molecular weight excluding hydrogens is 264 g/mol. The molecule has 0 radical (unpaired) electrons. The van der Waals surface area contributed by atoms with E-state index >= 15 is 0 Å². The van der Waals surface area contributed by atoms with Gasteiger partial charge >= 0.3 is 0 Å². The largest absolute Gasteiger partial charge is 0.490 e. The third-order valence-electron chi connectivity index (χ3n) is 2.84. The van der Waals surface area contributed by atoms with Crippen molar-refractivity contribution < 1.29 is 14.2 Å². The highest BCUT2D eigenvalue weighted by Crippen LogP contribution is 2.29. The second-order valence-corrected chi connectivity index (χ2v) is 5.09. The van der Waals surface area contributed by atoms with Gasteiger partial charge in [-0.1, -0.05) is 25.1 Å². The van der Waals surface area contributed by atoms with Crippen molar-refractivity contribution >= 4 is 0 Å². The Hall–Kier alpha value is -1.48. The van der Waals surface area contributed by atoms with Crippen molar-refractivity contribution in [1.29, 1.82) is 0 Å². The van der Waals surface area contributed by atoms with E-state index in [-0.39, 0.29) is 6.10 Å². The molecule has 0 aliphatic rings. The molecule has 118 valence electrons. The van der Waals surface area contributed by atoms with Crippen LogP contribution in [0.4, 0.5) is 0 Å². The molecule has 0 amide bonds. The van der Waals surface area contributed by atoms with Crippen LogP contribution < -0.4 is 9.47 Å².